The summed E-state index contributed by atoms with van der Waals surface area (Å²) in [6.07, 6.45) is 0.380. The number of rotatable bonds is 5. The molecule has 0 aromatic heterocycles. The minimum absolute atomic E-state index is 0.0900. The Kier molecular flexibility index (Phi) is 4.53. The van der Waals surface area contributed by atoms with Crippen molar-refractivity contribution in [2.24, 2.45) is 0 Å². The number of benzene rings is 2. The lowest BCUT2D eigenvalue weighted by atomic mass is 10.1. The van der Waals surface area contributed by atoms with Gasteiger partial charge in [-0.3, -0.25) is 4.79 Å². The van der Waals surface area contributed by atoms with Crippen LogP contribution in [0.5, 0.6) is 5.75 Å². The molecule has 3 heteroatoms. The maximum atomic E-state index is 11.9. The summed E-state index contributed by atoms with van der Waals surface area (Å²) >= 11 is 3.35. The number of Topliss-reactive ketones (excluding diaryl/α,β-unsaturated/α-hetero) is 1. The van der Waals surface area contributed by atoms with Crippen molar-refractivity contribution in [1.29, 1.82) is 0 Å². The average molecular weight is 305 g/mol. The van der Waals surface area contributed by atoms with Gasteiger partial charge in [0.2, 0.25) is 0 Å². The molecule has 92 valence electrons. The van der Waals surface area contributed by atoms with E-state index in [1.807, 2.05) is 54.6 Å². The fraction of sp³-hybridized carbons (Fsp3) is 0.133. The fourth-order valence-corrected chi connectivity index (χ4v) is 1.98. The van der Waals surface area contributed by atoms with Gasteiger partial charge < -0.3 is 4.74 Å². The second-order valence-corrected chi connectivity index (χ2v) is 4.76. The molecule has 0 spiro atoms. The van der Waals surface area contributed by atoms with Gasteiger partial charge in [0.15, 0.2) is 5.78 Å². The molecule has 0 heterocycles. The van der Waals surface area contributed by atoms with Gasteiger partial charge >= 0.3 is 0 Å². The highest BCUT2D eigenvalue weighted by molar-refractivity contribution is 9.10. The minimum atomic E-state index is 0.0900. The standard InChI is InChI=1S/C15H13BrO2/c16-13-6-4-5-12(11-13)15(17)9-10-18-14-7-2-1-3-8-14/h1-8,11H,9-10H2. The zero-order valence-corrected chi connectivity index (χ0v) is 11.4. The summed E-state index contributed by atoms with van der Waals surface area (Å²) in [4.78, 5) is 11.9. The molecule has 0 fully saturated rings. The van der Waals surface area contributed by atoms with Crippen LogP contribution in [0, 0.1) is 0 Å². The summed E-state index contributed by atoms with van der Waals surface area (Å²) in [6, 6.07) is 16.9. The number of ether oxygens (including phenoxy) is 1. The van der Waals surface area contributed by atoms with Crippen LogP contribution >= 0.6 is 15.9 Å². The van der Waals surface area contributed by atoms with Gasteiger partial charge in [0.25, 0.3) is 0 Å². The highest BCUT2D eigenvalue weighted by atomic mass is 79.9. The zero-order chi connectivity index (χ0) is 12.8. The Bertz CT molecular complexity index is 523. The number of ketones is 1. The number of hydrogen-bond acceptors (Lipinski definition) is 2. The lowest BCUT2D eigenvalue weighted by molar-refractivity contribution is 0.0962. The predicted molar refractivity (Wildman–Crippen MR) is 75.0 cm³/mol. The lowest BCUT2D eigenvalue weighted by Gasteiger charge is -2.05. The highest BCUT2D eigenvalue weighted by Gasteiger charge is 2.06. The third kappa shape index (κ3) is 3.70. The third-order valence-electron chi connectivity index (χ3n) is 2.49. The second kappa shape index (κ2) is 6.36. The van der Waals surface area contributed by atoms with Gasteiger partial charge in [0.1, 0.15) is 5.75 Å². The number of halogens is 1. The van der Waals surface area contributed by atoms with Crippen molar-refractivity contribution in [3.05, 3.63) is 64.6 Å². The first-order valence-electron chi connectivity index (χ1n) is 5.72. The Hall–Kier alpha value is -1.61. The molecule has 0 aliphatic heterocycles. The van der Waals surface area contributed by atoms with Gasteiger partial charge in [-0.05, 0) is 24.3 Å². The molecular weight excluding hydrogens is 292 g/mol. The zero-order valence-electron chi connectivity index (χ0n) is 9.80. The van der Waals surface area contributed by atoms with Gasteiger partial charge in [-0.1, -0.05) is 46.3 Å². The first-order chi connectivity index (χ1) is 8.75. The minimum Gasteiger partial charge on any atom is -0.493 e. The monoisotopic (exact) mass is 304 g/mol. The van der Waals surface area contributed by atoms with Crippen LogP contribution in [0.15, 0.2) is 59.1 Å². The molecule has 0 aliphatic rings. The van der Waals surface area contributed by atoms with Crippen LogP contribution in [0.2, 0.25) is 0 Å². The van der Waals surface area contributed by atoms with E-state index in [1.165, 1.54) is 0 Å². The van der Waals surface area contributed by atoms with Crippen molar-refractivity contribution >= 4 is 21.7 Å². The highest BCUT2D eigenvalue weighted by Crippen LogP contribution is 2.14. The molecule has 0 N–H and O–H groups in total. The van der Waals surface area contributed by atoms with Crippen LogP contribution < -0.4 is 4.74 Å². The summed E-state index contributed by atoms with van der Waals surface area (Å²) in [5.41, 5.74) is 0.709. The summed E-state index contributed by atoms with van der Waals surface area (Å²) < 4.78 is 6.41. The Balaban J connectivity index is 1.86. The van der Waals surface area contributed by atoms with Gasteiger partial charge in [-0.25, -0.2) is 0 Å². The molecule has 0 atom stereocenters. The van der Waals surface area contributed by atoms with Crippen LogP contribution in [0.3, 0.4) is 0 Å². The average Bonchev–Trinajstić information content (AvgIpc) is 2.40. The molecular formula is C15H13BrO2. The number of carbonyl (C=O) groups is 1. The van der Waals surface area contributed by atoms with Crippen molar-refractivity contribution in [3.63, 3.8) is 0 Å². The van der Waals surface area contributed by atoms with Crippen LogP contribution in [0.25, 0.3) is 0 Å². The Morgan fingerprint density at radius 2 is 1.83 bits per heavy atom. The van der Waals surface area contributed by atoms with E-state index in [4.69, 9.17) is 4.74 Å². The normalized spacial score (nSPS) is 10.1. The molecule has 0 aliphatic carbocycles. The summed E-state index contributed by atoms with van der Waals surface area (Å²) in [7, 11) is 0. The van der Waals surface area contributed by atoms with E-state index in [2.05, 4.69) is 15.9 Å². The number of hydrogen-bond donors (Lipinski definition) is 0. The molecule has 0 bridgehead atoms. The molecule has 0 radical (unpaired) electrons. The SMILES string of the molecule is O=C(CCOc1ccccc1)c1cccc(Br)c1. The molecule has 0 saturated carbocycles. The van der Waals surface area contributed by atoms with Crippen LogP contribution in [-0.2, 0) is 0 Å². The Morgan fingerprint density at radius 1 is 1.06 bits per heavy atom. The van der Waals surface area contributed by atoms with E-state index in [1.54, 1.807) is 0 Å². The van der Waals surface area contributed by atoms with Crippen molar-refractivity contribution < 1.29 is 9.53 Å². The third-order valence-corrected chi connectivity index (χ3v) is 2.98. The van der Waals surface area contributed by atoms with E-state index >= 15 is 0 Å². The molecule has 2 aromatic rings. The maximum absolute atomic E-state index is 11.9. The number of carbonyl (C=O) groups excluding carboxylic acids is 1. The van der Waals surface area contributed by atoms with Gasteiger partial charge in [-0.2, -0.15) is 0 Å². The Morgan fingerprint density at radius 3 is 2.56 bits per heavy atom. The maximum Gasteiger partial charge on any atom is 0.166 e. The van der Waals surface area contributed by atoms with Crippen LogP contribution in [0.1, 0.15) is 16.8 Å². The van der Waals surface area contributed by atoms with E-state index in [0.717, 1.165) is 10.2 Å². The molecule has 2 rings (SSSR count). The second-order valence-electron chi connectivity index (χ2n) is 3.85. The van der Waals surface area contributed by atoms with Gasteiger partial charge in [0.05, 0.1) is 6.61 Å². The van der Waals surface area contributed by atoms with E-state index in [0.29, 0.717) is 18.6 Å². The summed E-state index contributed by atoms with van der Waals surface area (Å²) in [5.74, 6) is 0.881. The fourth-order valence-electron chi connectivity index (χ4n) is 1.58. The first kappa shape index (κ1) is 12.8. The molecule has 0 amide bonds. The largest absolute Gasteiger partial charge is 0.493 e. The first-order valence-corrected chi connectivity index (χ1v) is 6.51. The molecule has 18 heavy (non-hydrogen) atoms. The smallest absolute Gasteiger partial charge is 0.166 e. The molecule has 0 saturated heterocycles. The van der Waals surface area contributed by atoms with Crippen molar-refractivity contribution in [1.82, 2.24) is 0 Å². The van der Waals surface area contributed by atoms with Crippen molar-refractivity contribution in [3.8, 4) is 5.75 Å². The van der Waals surface area contributed by atoms with E-state index < -0.39 is 0 Å². The summed E-state index contributed by atoms with van der Waals surface area (Å²) in [6.45, 7) is 0.398. The topological polar surface area (TPSA) is 26.3 Å². The Labute approximate surface area is 115 Å². The quantitative estimate of drug-likeness (QED) is 0.777. The van der Waals surface area contributed by atoms with Gasteiger partial charge in [0, 0.05) is 16.5 Å². The van der Waals surface area contributed by atoms with E-state index in [-0.39, 0.29) is 5.78 Å². The van der Waals surface area contributed by atoms with Crippen LogP contribution in [-0.4, -0.2) is 12.4 Å². The molecule has 0 unspecified atom stereocenters. The van der Waals surface area contributed by atoms with Crippen LogP contribution in [0.4, 0.5) is 0 Å². The molecule has 2 aromatic carbocycles. The van der Waals surface area contributed by atoms with E-state index in [9.17, 15) is 4.79 Å². The lowest BCUT2D eigenvalue weighted by Crippen LogP contribution is -2.06. The van der Waals surface area contributed by atoms with Gasteiger partial charge in [-0.15, -0.1) is 0 Å². The summed E-state index contributed by atoms with van der Waals surface area (Å²) in [5, 5.41) is 0. The molecule has 2 nitrogen and oxygen atoms in total. The number of para-hydroxylation sites is 1. The van der Waals surface area contributed by atoms with Crippen molar-refractivity contribution in [2.75, 3.05) is 6.61 Å². The van der Waals surface area contributed by atoms with Crippen molar-refractivity contribution in [2.45, 2.75) is 6.42 Å². The predicted octanol–water partition coefficient (Wildman–Crippen LogP) is 4.10.